The van der Waals surface area contributed by atoms with Gasteiger partial charge in [-0.2, -0.15) is 26.3 Å². The molecule has 1 N–H and O–H groups in total. The molecule has 1 amide bonds. The molecule has 2 aliphatic rings. The van der Waals surface area contributed by atoms with E-state index in [9.17, 15) is 35.9 Å². The summed E-state index contributed by atoms with van der Waals surface area (Å²) in [5.74, 6) is 0.0292. The molecular formula is C27H27F6N3O2S. The van der Waals surface area contributed by atoms with Gasteiger partial charge in [-0.25, -0.2) is 0 Å². The van der Waals surface area contributed by atoms with E-state index < -0.39 is 35.4 Å². The Hall–Kier alpha value is -2.86. The van der Waals surface area contributed by atoms with E-state index in [1.807, 2.05) is 12.1 Å². The van der Waals surface area contributed by atoms with Crippen LogP contribution in [0.1, 0.15) is 47.3 Å². The average Bonchev–Trinajstić information content (AvgIpc) is 3.42. The molecule has 2 aromatic heterocycles. The van der Waals surface area contributed by atoms with Gasteiger partial charge in [0.1, 0.15) is 0 Å². The molecule has 210 valence electrons. The molecule has 12 heteroatoms. The molecule has 3 aromatic rings. The predicted molar refractivity (Wildman–Crippen MR) is 135 cm³/mol. The predicted octanol–water partition coefficient (Wildman–Crippen LogP) is 5.95. The second-order valence-corrected chi connectivity index (χ2v) is 11.9. The summed E-state index contributed by atoms with van der Waals surface area (Å²) < 4.78 is 81.7. The number of aryl methyl sites for hydroxylation is 1. The Bertz CT molecular complexity index is 1420. The Morgan fingerprint density at radius 1 is 1.08 bits per heavy atom. The summed E-state index contributed by atoms with van der Waals surface area (Å²) in [7, 11) is 1.69. The highest BCUT2D eigenvalue weighted by molar-refractivity contribution is 7.19. The second-order valence-electron chi connectivity index (χ2n) is 10.7. The van der Waals surface area contributed by atoms with Crippen LogP contribution in [-0.4, -0.2) is 28.5 Å². The van der Waals surface area contributed by atoms with Gasteiger partial charge in [0.05, 0.1) is 21.2 Å². The number of alkyl halides is 6. The number of nitrogens with one attached hydrogen (secondary N) is 1. The SMILES string of the molecule is Cn1ccc2cc(CN3CCC(CC4CC4)(C(=O)NCc4cc(C(F)(F)F)cc(C(F)(F)F)c4)C3)sc2c1=O. The number of benzene rings is 1. The van der Waals surface area contributed by atoms with Crippen LogP contribution >= 0.6 is 11.3 Å². The molecule has 0 bridgehead atoms. The number of amides is 1. The first-order chi connectivity index (χ1) is 18.2. The van der Waals surface area contributed by atoms with Crippen molar-refractivity contribution in [3.8, 4) is 0 Å². The summed E-state index contributed by atoms with van der Waals surface area (Å²) in [6, 6.07) is 5.22. The molecule has 1 unspecified atom stereocenters. The summed E-state index contributed by atoms with van der Waals surface area (Å²) in [6.45, 7) is 1.16. The second kappa shape index (κ2) is 9.96. The molecule has 1 saturated heterocycles. The number of aromatic nitrogens is 1. The number of rotatable bonds is 7. The lowest BCUT2D eigenvalue weighted by molar-refractivity contribution is -0.143. The maximum absolute atomic E-state index is 13.5. The number of fused-ring (bicyclic) bond motifs is 1. The van der Waals surface area contributed by atoms with Gasteiger partial charge in [0.2, 0.25) is 5.91 Å². The summed E-state index contributed by atoms with van der Waals surface area (Å²) >= 11 is 1.41. The number of hydrogen-bond donors (Lipinski definition) is 1. The number of carbonyl (C=O) groups excluding carboxylic acids is 1. The minimum atomic E-state index is -4.95. The third-order valence-corrected chi connectivity index (χ3v) is 8.70. The van der Waals surface area contributed by atoms with Crippen LogP contribution < -0.4 is 10.9 Å². The Morgan fingerprint density at radius 3 is 2.36 bits per heavy atom. The molecule has 2 fully saturated rings. The van der Waals surface area contributed by atoms with Crippen molar-refractivity contribution in [2.45, 2.75) is 51.1 Å². The van der Waals surface area contributed by atoms with Gasteiger partial charge < -0.3 is 9.88 Å². The van der Waals surface area contributed by atoms with Crippen LogP contribution in [0.5, 0.6) is 0 Å². The zero-order chi connectivity index (χ0) is 28.2. The molecule has 1 aliphatic carbocycles. The van der Waals surface area contributed by atoms with E-state index in [0.717, 1.165) is 23.1 Å². The van der Waals surface area contributed by atoms with Crippen molar-refractivity contribution >= 4 is 27.3 Å². The molecular weight excluding hydrogens is 544 g/mol. The normalized spacial score (nSPS) is 20.6. The summed E-state index contributed by atoms with van der Waals surface area (Å²) in [6.07, 6.45) is -5.03. The minimum Gasteiger partial charge on any atom is -0.352 e. The van der Waals surface area contributed by atoms with Gasteiger partial charge >= 0.3 is 12.4 Å². The number of pyridine rings is 1. The van der Waals surface area contributed by atoms with Gasteiger partial charge in [-0.05, 0) is 66.6 Å². The van der Waals surface area contributed by atoms with E-state index in [0.29, 0.717) is 55.2 Å². The maximum Gasteiger partial charge on any atom is 0.416 e. The molecule has 1 aromatic carbocycles. The largest absolute Gasteiger partial charge is 0.416 e. The fourth-order valence-electron chi connectivity index (χ4n) is 5.37. The van der Waals surface area contributed by atoms with Crippen molar-refractivity contribution in [3.63, 3.8) is 0 Å². The standard InChI is InChI=1S/C27H27F6N3O2S/c1-35-6-4-18-10-21(39-22(18)23(35)37)14-36-7-5-25(15-36,12-16-2-3-16)24(38)34-13-17-8-19(26(28,29)30)11-20(9-17)27(31,32)33/h4,6,8-11,16H,2-3,5,7,12-15H2,1H3,(H,34,38). The van der Waals surface area contributed by atoms with E-state index in [-0.39, 0.29) is 23.1 Å². The molecule has 1 aliphatic heterocycles. The number of nitrogens with zero attached hydrogens (tertiary/aromatic N) is 2. The zero-order valence-corrected chi connectivity index (χ0v) is 21.9. The van der Waals surface area contributed by atoms with E-state index in [4.69, 9.17) is 0 Å². The number of thiophene rings is 1. The van der Waals surface area contributed by atoms with Crippen LogP contribution in [-0.2, 0) is 37.3 Å². The van der Waals surface area contributed by atoms with E-state index in [2.05, 4.69) is 10.2 Å². The summed E-state index contributed by atoms with van der Waals surface area (Å²) in [4.78, 5) is 29.0. The number of hydrogen-bond acceptors (Lipinski definition) is 4. The molecule has 0 radical (unpaired) electrons. The van der Waals surface area contributed by atoms with E-state index in [1.54, 1.807) is 13.2 Å². The summed E-state index contributed by atoms with van der Waals surface area (Å²) in [5.41, 5.74) is -3.91. The van der Waals surface area contributed by atoms with Crippen molar-refractivity contribution in [2.24, 2.45) is 18.4 Å². The molecule has 5 rings (SSSR count). The van der Waals surface area contributed by atoms with Gasteiger partial charge in [-0.3, -0.25) is 14.5 Å². The van der Waals surface area contributed by atoms with E-state index in [1.165, 1.54) is 15.9 Å². The fourth-order valence-corrected chi connectivity index (χ4v) is 6.54. The van der Waals surface area contributed by atoms with Gasteiger partial charge in [0, 0.05) is 37.8 Å². The number of carbonyl (C=O) groups is 1. The van der Waals surface area contributed by atoms with Crippen molar-refractivity contribution in [1.82, 2.24) is 14.8 Å². The lowest BCUT2D eigenvalue weighted by Crippen LogP contribution is -2.43. The van der Waals surface area contributed by atoms with Crippen LogP contribution in [0.2, 0.25) is 0 Å². The van der Waals surface area contributed by atoms with Crippen LogP contribution in [0, 0.1) is 11.3 Å². The Labute approximate surface area is 224 Å². The van der Waals surface area contributed by atoms with E-state index >= 15 is 0 Å². The third kappa shape index (κ3) is 6.01. The lowest BCUT2D eigenvalue weighted by Gasteiger charge is -2.28. The van der Waals surface area contributed by atoms with Gasteiger partial charge in [-0.15, -0.1) is 11.3 Å². The third-order valence-electron chi connectivity index (χ3n) is 7.57. The van der Waals surface area contributed by atoms with Crippen LogP contribution in [0.25, 0.3) is 10.1 Å². The molecule has 1 saturated carbocycles. The molecule has 1 atom stereocenters. The van der Waals surface area contributed by atoms with Gasteiger partial charge in [-0.1, -0.05) is 12.8 Å². The molecule has 0 spiro atoms. The topological polar surface area (TPSA) is 54.3 Å². The molecule has 5 nitrogen and oxygen atoms in total. The highest BCUT2D eigenvalue weighted by Gasteiger charge is 2.47. The molecule has 39 heavy (non-hydrogen) atoms. The Balaban J connectivity index is 1.32. The summed E-state index contributed by atoms with van der Waals surface area (Å²) in [5, 5.41) is 3.51. The smallest absolute Gasteiger partial charge is 0.352 e. The van der Waals surface area contributed by atoms with Crippen molar-refractivity contribution in [1.29, 1.82) is 0 Å². The monoisotopic (exact) mass is 571 g/mol. The van der Waals surface area contributed by atoms with Crippen molar-refractivity contribution in [3.05, 3.63) is 68.4 Å². The van der Waals surface area contributed by atoms with Crippen molar-refractivity contribution < 1.29 is 31.1 Å². The zero-order valence-electron chi connectivity index (χ0n) is 21.1. The number of halogens is 6. The number of likely N-dealkylation sites (tertiary alicyclic amines) is 1. The van der Waals surface area contributed by atoms with Crippen molar-refractivity contribution in [2.75, 3.05) is 13.1 Å². The first-order valence-corrected chi connectivity index (χ1v) is 13.4. The van der Waals surface area contributed by atoms with Crippen LogP contribution in [0.3, 0.4) is 0 Å². The van der Waals surface area contributed by atoms with Crippen LogP contribution in [0.15, 0.2) is 41.3 Å². The first-order valence-electron chi connectivity index (χ1n) is 12.6. The molecule has 3 heterocycles. The average molecular weight is 572 g/mol. The van der Waals surface area contributed by atoms with Gasteiger partial charge in [0.25, 0.3) is 5.56 Å². The quantitative estimate of drug-likeness (QED) is 0.357. The fraction of sp³-hybridized carbons (Fsp3) is 0.481. The highest BCUT2D eigenvalue weighted by Crippen LogP contribution is 2.46. The Morgan fingerprint density at radius 2 is 1.74 bits per heavy atom. The lowest BCUT2D eigenvalue weighted by atomic mass is 9.80. The highest BCUT2D eigenvalue weighted by atomic mass is 32.1. The minimum absolute atomic E-state index is 0.0732. The van der Waals surface area contributed by atoms with Gasteiger partial charge in [0.15, 0.2) is 0 Å². The Kier molecular flexibility index (Phi) is 7.07. The maximum atomic E-state index is 13.5. The first kappa shape index (κ1) is 27.7. The van der Waals surface area contributed by atoms with Crippen LogP contribution in [0.4, 0.5) is 26.3 Å².